The number of hydrogen-bond acceptors (Lipinski definition) is 4. The van der Waals surface area contributed by atoms with E-state index in [4.69, 9.17) is 23.2 Å². The van der Waals surface area contributed by atoms with Gasteiger partial charge in [-0.15, -0.1) is 11.3 Å². The monoisotopic (exact) mass is 429 g/mol. The van der Waals surface area contributed by atoms with Gasteiger partial charge >= 0.3 is 0 Å². The second-order valence-corrected chi connectivity index (χ2v) is 8.12. The van der Waals surface area contributed by atoms with Gasteiger partial charge < -0.3 is 10.3 Å². The van der Waals surface area contributed by atoms with Gasteiger partial charge in [-0.05, 0) is 24.6 Å². The number of thiophene rings is 1. The first-order valence-corrected chi connectivity index (χ1v) is 10.4. The Bertz CT molecular complexity index is 1200. The summed E-state index contributed by atoms with van der Waals surface area (Å²) in [4.78, 5) is 21.0. The Morgan fingerprint density at radius 1 is 1.07 bits per heavy atom. The Hall–Kier alpha value is -2.18. The second-order valence-electron chi connectivity index (χ2n) is 6.45. The topological polar surface area (TPSA) is 57.8 Å². The van der Waals surface area contributed by atoms with Crippen molar-refractivity contribution in [3.05, 3.63) is 85.7 Å². The minimum atomic E-state index is -0.164. The fraction of sp³-hybridized carbons (Fsp3) is 0.143. The van der Waals surface area contributed by atoms with Crippen molar-refractivity contribution in [3.63, 3.8) is 0 Å². The Balaban J connectivity index is 1.62. The summed E-state index contributed by atoms with van der Waals surface area (Å²) < 4.78 is 0. The number of halogens is 2. The zero-order chi connectivity index (χ0) is 19.7. The van der Waals surface area contributed by atoms with Crippen LogP contribution < -0.4 is 10.9 Å². The summed E-state index contributed by atoms with van der Waals surface area (Å²) in [6.45, 7) is 2.45. The number of H-pyrrole nitrogens is 1. The van der Waals surface area contributed by atoms with Gasteiger partial charge in [-0.3, -0.25) is 4.79 Å². The molecule has 2 heterocycles. The summed E-state index contributed by atoms with van der Waals surface area (Å²) in [6.07, 6.45) is 0. The molecule has 0 aliphatic carbocycles. The van der Waals surface area contributed by atoms with Crippen molar-refractivity contribution < 1.29 is 0 Å². The van der Waals surface area contributed by atoms with Crippen LogP contribution in [0.2, 0.25) is 10.0 Å². The summed E-state index contributed by atoms with van der Waals surface area (Å²) in [5.74, 6) is 0.587. The molecular weight excluding hydrogens is 413 g/mol. The first-order valence-electron chi connectivity index (χ1n) is 8.77. The van der Waals surface area contributed by atoms with E-state index in [9.17, 15) is 4.79 Å². The van der Waals surface area contributed by atoms with Crippen molar-refractivity contribution in [2.45, 2.75) is 19.5 Å². The fourth-order valence-corrected chi connectivity index (χ4v) is 4.64. The molecule has 7 heteroatoms. The summed E-state index contributed by atoms with van der Waals surface area (Å²) in [7, 11) is 0. The molecule has 0 radical (unpaired) electrons. The highest BCUT2D eigenvalue weighted by molar-refractivity contribution is 7.17. The maximum absolute atomic E-state index is 12.8. The molecule has 4 nitrogen and oxygen atoms in total. The van der Waals surface area contributed by atoms with Crippen molar-refractivity contribution in [3.8, 4) is 11.1 Å². The van der Waals surface area contributed by atoms with Gasteiger partial charge in [0, 0.05) is 32.6 Å². The van der Waals surface area contributed by atoms with Crippen LogP contribution in [0.3, 0.4) is 0 Å². The lowest BCUT2D eigenvalue weighted by molar-refractivity contribution is 0.560. The third kappa shape index (κ3) is 3.71. The fourth-order valence-electron chi connectivity index (χ4n) is 3.14. The van der Waals surface area contributed by atoms with Gasteiger partial charge in [0.25, 0.3) is 5.56 Å². The molecule has 0 bridgehead atoms. The number of benzene rings is 2. The number of aromatic amines is 1. The Labute approximate surface area is 176 Å². The quantitative estimate of drug-likeness (QED) is 0.420. The van der Waals surface area contributed by atoms with Gasteiger partial charge in [0.05, 0.1) is 11.9 Å². The molecule has 0 aliphatic heterocycles. The molecular formula is C21H17Cl2N3OS. The summed E-state index contributed by atoms with van der Waals surface area (Å²) in [5.41, 5.74) is 2.48. The van der Waals surface area contributed by atoms with Crippen LogP contribution >= 0.6 is 34.5 Å². The maximum atomic E-state index is 12.8. The molecule has 0 saturated heterocycles. The number of hydrogen-bond donors (Lipinski definition) is 2. The van der Waals surface area contributed by atoms with E-state index in [1.54, 1.807) is 0 Å². The average Bonchev–Trinajstić information content (AvgIpc) is 3.11. The third-order valence-corrected chi connectivity index (χ3v) is 6.15. The van der Waals surface area contributed by atoms with Crippen LogP contribution in [0, 0.1) is 0 Å². The van der Waals surface area contributed by atoms with Crippen LogP contribution in [0.1, 0.15) is 24.4 Å². The second kappa shape index (κ2) is 8.05. The van der Waals surface area contributed by atoms with Gasteiger partial charge in [-0.25, -0.2) is 4.98 Å². The third-order valence-electron chi connectivity index (χ3n) is 4.60. The van der Waals surface area contributed by atoms with Crippen molar-refractivity contribution in [2.24, 2.45) is 0 Å². The van der Waals surface area contributed by atoms with Crippen LogP contribution in [0.25, 0.3) is 21.3 Å². The normalized spacial score (nSPS) is 12.4. The van der Waals surface area contributed by atoms with Crippen LogP contribution in [0.4, 0.5) is 0 Å². The Kier molecular flexibility index (Phi) is 5.51. The number of rotatable bonds is 5. The number of aromatic nitrogens is 2. The van der Waals surface area contributed by atoms with E-state index < -0.39 is 0 Å². The molecule has 2 aromatic carbocycles. The molecule has 0 saturated carbocycles. The molecule has 28 heavy (non-hydrogen) atoms. The van der Waals surface area contributed by atoms with E-state index in [0.717, 1.165) is 16.7 Å². The molecule has 0 spiro atoms. The maximum Gasteiger partial charge on any atom is 0.260 e. The molecule has 2 aromatic heterocycles. The minimum Gasteiger partial charge on any atom is -0.309 e. The number of fused-ring (bicyclic) bond motifs is 1. The predicted octanol–water partition coefficient (Wildman–Crippen LogP) is 5.81. The molecule has 0 aliphatic rings. The highest BCUT2D eigenvalue weighted by atomic mass is 35.5. The summed E-state index contributed by atoms with van der Waals surface area (Å²) in [6, 6.07) is 15.2. The molecule has 0 amide bonds. The first-order chi connectivity index (χ1) is 13.5. The van der Waals surface area contributed by atoms with Crippen molar-refractivity contribution in [1.29, 1.82) is 0 Å². The summed E-state index contributed by atoms with van der Waals surface area (Å²) in [5, 5.41) is 7.18. The molecule has 4 aromatic rings. The standard InChI is InChI=1S/C21H17Cl2N3OS/c1-12(13-6-2-4-8-16(13)22)24-10-18-25-20(27)19-15(11-28-21(19)26-18)14-7-3-5-9-17(14)23/h2-9,11-12,24H,10H2,1H3,(H,25,26,27). The minimum absolute atomic E-state index is 0.0247. The van der Waals surface area contributed by atoms with Crippen molar-refractivity contribution in [1.82, 2.24) is 15.3 Å². The average molecular weight is 430 g/mol. The van der Waals surface area contributed by atoms with E-state index in [-0.39, 0.29) is 11.6 Å². The van der Waals surface area contributed by atoms with E-state index in [1.165, 1.54) is 11.3 Å². The lowest BCUT2D eigenvalue weighted by Gasteiger charge is -2.15. The van der Waals surface area contributed by atoms with Crippen molar-refractivity contribution in [2.75, 3.05) is 0 Å². The Morgan fingerprint density at radius 2 is 1.79 bits per heavy atom. The van der Waals surface area contributed by atoms with Crippen LogP contribution in [0.15, 0.2) is 58.7 Å². The van der Waals surface area contributed by atoms with Crippen LogP contribution in [-0.4, -0.2) is 9.97 Å². The van der Waals surface area contributed by atoms with E-state index in [2.05, 4.69) is 15.3 Å². The summed E-state index contributed by atoms with van der Waals surface area (Å²) >= 11 is 14.0. The van der Waals surface area contributed by atoms with Gasteiger partial charge in [0.2, 0.25) is 0 Å². The first kappa shape index (κ1) is 19.2. The van der Waals surface area contributed by atoms with Gasteiger partial charge in [-0.1, -0.05) is 59.6 Å². The van der Waals surface area contributed by atoms with Crippen LogP contribution in [-0.2, 0) is 6.54 Å². The highest BCUT2D eigenvalue weighted by Crippen LogP contribution is 2.34. The van der Waals surface area contributed by atoms with Crippen molar-refractivity contribution >= 4 is 44.8 Å². The predicted molar refractivity (Wildman–Crippen MR) is 117 cm³/mol. The number of nitrogens with zero attached hydrogens (tertiary/aromatic N) is 1. The zero-order valence-electron chi connectivity index (χ0n) is 15.0. The lowest BCUT2D eigenvalue weighted by Crippen LogP contribution is -2.22. The Morgan fingerprint density at radius 3 is 2.54 bits per heavy atom. The molecule has 4 rings (SSSR count). The van der Waals surface area contributed by atoms with Crippen LogP contribution in [0.5, 0.6) is 0 Å². The molecule has 0 fully saturated rings. The molecule has 2 N–H and O–H groups in total. The molecule has 142 valence electrons. The van der Waals surface area contributed by atoms with Gasteiger partial charge in [-0.2, -0.15) is 0 Å². The number of nitrogens with one attached hydrogen (secondary N) is 2. The van der Waals surface area contributed by atoms with E-state index in [0.29, 0.717) is 32.6 Å². The van der Waals surface area contributed by atoms with Gasteiger partial charge in [0.15, 0.2) is 0 Å². The molecule has 1 atom stereocenters. The zero-order valence-corrected chi connectivity index (χ0v) is 17.3. The van der Waals surface area contributed by atoms with E-state index in [1.807, 2.05) is 60.8 Å². The smallest absolute Gasteiger partial charge is 0.260 e. The molecule has 1 unspecified atom stereocenters. The largest absolute Gasteiger partial charge is 0.309 e. The SMILES string of the molecule is CC(NCc1nc2scc(-c3ccccc3Cl)c2c(=O)[nH]1)c1ccccc1Cl. The lowest BCUT2D eigenvalue weighted by atomic mass is 10.1. The highest BCUT2D eigenvalue weighted by Gasteiger charge is 2.15. The van der Waals surface area contributed by atoms with E-state index >= 15 is 0 Å². The van der Waals surface area contributed by atoms with Gasteiger partial charge in [0.1, 0.15) is 10.7 Å².